The van der Waals surface area contributed by atoms with Crippen molar-refractivity contribution in [3.63, 3.8) is 0 Å². The number of alkyl halides is 8. The van der Waals surface area contributed by atoms with E-state index in [1.165, 1.54) is 35.8 Å². The van der Waals surface area contributed by atoms with E-state index in [-0.39, 0.29) is 21.5 Å². The molecule has 3 saturated heterocycles. The molecule has 434 valence electrons. The third kappa shape index (κ3) is 13.8. The molecule has 0 saturated carbocycles. The van der Waals surface area contributed by atoms with Crippen molar-refractivity contribution in [1.29, 1.82) is 0 Å². The largest absolute Gasteiger partial charge is 0.465 e. The summed E-state index contributed by atoms with van der Waals surface area (Å²) in [5.41, 5.74) is -5.00. The number of hydrogen-bond donors (Lipinski definition) is 6. The van der Waals surface area contributed by atoms with Crippen LogP contribution in [0.1, 0.15) is 69.5 Å². The second kappa shape index (κ2) is 24.2. The smallest absolute Gasteiger partial charge is 0.407 e. The van der Waals surface area contributed by atoms with Gasteiger partial charge in [-0.1, -0.05) is 18.1 Å². The van der Waals surface area contributed by atoms with Crippen molar-refractivity contribution < 1.29 is 82.8 Å². The van der Waals surface area contributed by atoms with Crippen LogP contribution in [0, 0.1) is 34.3 Å². The summed E-state index contributed by atoms with van der Waals surface area (Å²) in [6.07, 6.45) is -10.6. The summed E-state index contributed by atoms with van der Waals surface area (Å²) >= 11 is 0. The Bertz CT molecular complexity index is 2890. The van der Waals surface area contributed by atoms with Gasteiger partial charge in [-0.3, -0.25) is 19.9 Å². The van der Waals surface area contributed by atoms with Gasteiger partial charge in [-0.15, -0.1) is 0 Å². The van der Waals surface area contributed by atoms with Crippen LogP contribution in [0.25, 0.3) is 11.3 Å². The molecular weight excluding hydrogens is 1080 g/mol. The monoisotopic (exact) mass is 1140 g/mol. The van der Waals surface area contributed by atoms with Crippen LogP contribution in [0.3, 0.4) is 0 Å². The summed E-state index contributed by atoms with van der Waals surface area (Å²) < 4.78 is 155. The normalized spacial score (nSPS) is 18.6. The van der Waals surface area contributed by atoms with Gasteiger partial charge in [-0.05, 0) is 88.8 Å². The molecule has 5 heterocycles. The number of nitrogens with one attached hydrogen (secondary N) is 4. The van der Waals surface area contributed by atoms with Gasteiger partial charge in [-0.2, -0.15) is 40.2 Å². The number of aromatic nitrogens is 4. The first-order chi connectivity index (χ1) is 37.5. The lowest BCUT2D eigenvalue weighted by atomic mass is 9.82. The van der Waals surface area contributed by atoms with Crippen molar-refractivity contribution >= 4 is 29.8 Å². The number of nitrogens with zero attached hydrogens (tertiary/aromatic N) is 7. The fourth-order valence-corrected chi connectivity index (χ4v) is 9.52. The highest BCUT2D eigenvalue weighted by molar-refractivity contribution is 5.87. The molecule has 6 atom stereocenters. The number of hydrazine groups is 1. The molecular formula is C51H57F10N11O8. The molecule has 0 radical (unpaired) electrons. The molecule has 2 bridgehead atoms. The van der Waals surface area contributed by atoms with Crippen LogP contribution in [0.15, 0.2) is 61.1 Å². The summed E-state index contributed by atoms with van der Waals surface area (Å²) in [6, 6.07) is 2.42. The number of ether oxygens (including phenoxy) is 2. The summed E-state index contributed by atoms with van der Waals surface area (Å²) in [7, 11) is 0.808. The van der Waals surface area contributed by atoms with Crippen LogP contribution in [0.5, 0.6) is 0 Å². The Labute approximate surface area is 451 Å². The third-order valence-corrected chi connectivity index (χ3v) is 14.5. The predicted octanol–water partition coefficient (Wildman–Crippen LogP) is 5.92. The maximum Gasteiger partial charge on any atom is 0.407 e. The molecule has 19 nitrogen and oxygen atoms in total. The average Bonchev–Trinajstić information content (AvgIpc) is 3.96. The summed E-state index contributed by atoms with van der Waals surface area (Å²) in [4.78, 5) is 65.9. The van der Waals surface area contributed by atoms with E-state index in [0.717, 1.165) is 58.5 Å². The van der Waals surface area contributed by atoms with Gasteiger partial charge in [-0.25, -0.2) is 38.0 Å². The molecule has 0 aliphatic carbocycles. The van der Waals surface area contributed by atoms with E-state index in [4.69, 9.17) is 4.74 Å². The Morgan fingerprint density at radius 1 is 0.825 bits per heavy atom. The molecule has 0 spiro atoms. The molecule has 4 aromatic rings. The maximum absolute atomic E-state index is 16.0. The van der Waals surface area contributed by atoms with Gasteiger partial charge in [0.2, 0.25) is 5.91 Å². The molecule has 7 rings (SSSR count). The molecule has 2 aromatic heterocycles. The van der Waals surface area contributed by atoms with E-state index in [2.05, 4.69) is 46.8 Å². The summed E-state index contributed by atoms with van der Waals surface area (Å²) in [6.45, 7) is -0.341. The van der Waals surface area contributed by atoms with E-state index < -0.39 is 115 Å². The van der Waals surface area contributed by atoms with Gasteiger partial charge in [0.05, 0.1) is 67.4 Å². The van der Waals surface area contributed by atoms with Crippen LogP contribution >= 0.6 is 0 Å². The number of methoxy groups -OCH3 is 1. The van der Waals surface area contributed by atoms with Gasteiger partial charge in [0.25, 0.3) is 5.91 Å². The van der Waals surface area contributed by atoms with Crippen LogP contribution < -0.4 is 26.3 Å². The lowest BCUT2D eigenvalue weighted by molar-refractivity contribution is -0.221. The lowest BCUT2D eigenvalue weighted by Gasteiger charge is -2.47. The number of alkyl carbamates (subject to hydrolysis) is 1. The van der Waals surface area contributed by atoms with Crippen molar-refractivity contribution in [1.82, 2.24) is 51.0 Å². The fourth-order valence-electron chi connectivity index (χ4n) is 9.52. The number of aliphatic hydroxyl groups excluding tert-OH is 1. The average molecular weight is 1140 g/mol. The molecule has 80 heavy (non-hydrogen) atoms. The minimum Gasteiger partial charge on any atom is -0.465 e. The van der Waals surface area contributed by atoms with Gasteiger partial charge >= 0.3 is 31.1 Å². The Morgan fingerprint density at radius 2 is 1.43 bits per heavy atom. The quantitative estimate of drug-likeness (QED) is 0.0364. The van der Waals surface area contributed by atoms with Crippen LogP contribution in [0.4, 0.5) is 59.3 Å². The van der Waals surface area contributed by atoms with E-state index in [0.29, 0.717) is 80.0 Å². The van der Waals surface area contributed by atoms with Crippen LogP contribution in [0.2, 0.25) is 0 Å². The minimum absolute atomic E-state index is 0.185. The zero-order valence-corrected chi connectivity index (χ0v) is 43.5. The number of hydrogen-bond acceptors (Lipinski definition) is 13. The third-order valence-electron chi connectivity index (χ3n) is 14.5. The first kappa shape index (κ1) is 60.4. The van der Waals surface area contributed by atoms with Crippen molar-refractivity contribution in [2.24, 2.45) is 10.8 Å². The second-order valence-electron chi connectivity index (χ2n) is 20.6. The number of aliphatic hydroxyl groups is 1. The first-order valence-corrected chi connectivity index (χ1v) is 24.8. The molecule has 6 unspecified atom stereocenters. The van der Waals surface area contributed by atoms with Gasteiger partial charge in [0.1, 0.15) is 35.2 Å². The number of halogens is 10. The molecule has 3 fully saturated rings. The number of rotatable bonds is 19. The van der Waals surface area contributed by atoms with Crippen molar-refractivity contribution in [3.8, 4) is 23.1 Å². The Balaban J connectivity index is 1.18. The number of carbonyl (C=O) groups is 4. The molecule has 6 N–H and O–H groups in total. The van der Waals surface area contributed by atoms with Crippen LogP contribution in [-0.4, -0.2) is 159 Å². The zero-order valence-electron chi connectivity index (χ0n) is 43.5. The van der Waals surface area contributed by atoms with Gasteiger partial charge in [0.15, 0.2) is 0 Å². The Morgan fingerprint density at radius 3 is 1.93 bits per heavy atom. The van der Waals surface area contributed by atoms with Crippen LogP contribution in [-0.2, 0) is 32.0 Å². The van der Waals surface area contributed by atoms with E-state index >= 15 is 8.78 Å². The number of fused-ring (bicyclic) bond motifs is 2. The summed E-state index contributed by atoms with van der Waals surface area (Å²) in [5, 5.41) is 31.1. The summed E-state index contributed by atoms with van der Waals surface area (Å²) in [5.74, 6) is 0.304. The number of carbonyl (C=O) groups excluding carboxylic acids is 3. The Hall–Kier alpha value is -7.29. The molecule has 4 amide bonds. The van der Waals surface area contributed by atoms with Gasteiger partial charge in [0, 0.05) is 61.1 Å². The number of anilines is 1. The SMILES string of the molecule is COC(=O)NC(C(=O)NC(Cc1ccc(C#Cc2cnc(N3CC4CCC(C3)N4C3COC3)cn2)cc1)C(O)CN(Cc1c(F)cc(-c2ccn(C(F)F)n2)cc1F)NC(=O)C(NC(=O)O)C(C)(C)C(F)(F)F)C(C)(C)C(F)(F)F. The van der Waals surface area contributed by atoms with Crippen molar-refractivity contribution in [2.45, 2.75) is 115 Å². The van der Waals surface area contributed by atoms with Crippen molar-refractivity contribution in [2.75, 3.05) is 44.9 Å². The van der Waals surface area contributed by atoms with E-state index in [1.54, 1.807) is 6.20 Å². The minimum atomic E-state index is -5.29. The Kier molecular flexibility index (Phi) is 18.3. The number of carboxylic acid groups (broad SMARTS) is 1. The lowest BCUT2D eigenvalue weighted by Crippen LogP contribution is -2.63. The maximum atomic E-state index is 16.0. The molecule has 2 aromatic carbocycles. The molecule has 29 heteroatoms. The topological polar surface area (TPSA) is 229 Å². The second-order valence-corrected chi connectivity index (χ2v) is 20.6. The number of piperazine rings is 1. The van der Waals surface area contributed by atoms with Gasteiger partial charge < -0.3 is 40.5 Å². The zero-order chi connectivity index (χ0) is 58.6. The molecule has 3 aliphatic rings. The standard InChI is InChI=1S/C51H57F10N11O8/c1-48(2,50(56,57)58)41(66-47(78)79-5)43(74)64-38(16-28-8-6-27(7-9-28)10-11-30-19-63-40(20-62-30)69-21-31-12-13-32(22-69)72(31)33-25-80-26-33)39(73)24-70(68-44(75)42(65-46(76)77)49(3,4)51(59,60)61)23-34-35(52)17-29(18-36(34)53)37-14-15-71(67-37)45(54)55/h6-9,14-15,17-20,31-33,38-39,41-42,45,65,73H,12-13,16,21-26H2,1-5H3,(H,64,74)(H,66,78)(H,68,75)(H,76,77). The van der Waals surface area contributed by atoms with E-state index in [1.807, 2.05) is 10.7 Å². The van der Waals surface area contributed by atoms with Crippen molar-refractivity contribution in [3.05, 3.63) is 95.1 Å². The first-order valence-electron chi connectivity index (χ1n) is 24.8. The number of benzene rings is 2. The predicted molar refractivity (Wildman–Crippen MR) is 263 cm³/mol. The highest BCUT2D eigenvalue weighted by Crippen LogP contribution is 2.42. The van der Waals surface area contributed by atoms with E-state index in [9.17, 15) is 64.5 Å². The fraction of sp³-hybridized carbons (Fsp3) is 0.510. The highest BCUT2D eigenvalue weighted by atomic mass is 19.4. The molecule has 3 aliphatic heterocycles. The highest BCUT2D eigenvalue weighted by Gasteiger charge is 2.57. The number of amides is 4.